The van der Waals surface area contributed by atoms with E-state index < -0.39 is 16.0 Å². The number of carbonyl (C=O) groups excluding carboxylic acids is 1. The van der Waals surface area contributed by atoms with Gasteiger partial charge in [0.25, 0.3) is 0 Å². The number of hydrogen-bond donors (Lipinski definition) is 0. The molecule has 0 spiro atoms. The molecule has 21 heavy (non-hydrogen) atoms. The second-order valence-electron chi connectivity index (χ2n) is 4.42. The number of rotatable bonds is 5. The lowest BCUT2D eigenvalue weighted by molar-refractivity contribution is -0.143. The van der Waals surface area contributed by atoms with E-state index in [0.29, 0.717) is 5.39 Å². The first-order valence-corrected chi connectivity index (χ1v) is 7.85. The van der Waals surface area contributed by atoms with Crippen LogP contribution in [0.4, 0.5) is 0 Å². The Bertz CT molecular complexity index is 753. The molecule has 0 amide bonds. The lowest BCUT2D eigenvalue weighted by Gasteiger charge is -2.17. The minimum Gasteiger partial charge on any atom is -0.465 e. The zero-order chi connectivity index (χ0) is 15.5. The maximum Gasteiger partial charge on any atom is 0.321 e. The second kappa shape index (κ2) is 6.19. The highest BCUT2D eigenvalue weighted by molar-refractivity contribution is 7.89. The molecule has 0 unspecified atom stereocenters. The van der Waals surface area contributed by atoms with Gasteiger partial charge in [-0.2, -0.15) is 4.31 Å². The van der Waals surface area contributed by atoms with Crippen molar-refractivity contribution in [1.29, 1.82) is 0 Å². The van der Waals surface area contributed by atoms with Crippen LogP contribution in [0.25, 0.3) is 10.8 Å². The van der Waals surface area contributed by atoms with Crippen molar-refractivity contribution >= 4 is 26.8 Å². The molecular formula is C14H16N2O4S. The van der Waals surface area contributed by atoms with E-state index in [1.807, 2.05) is 0 Å². The molecule has 2 aromatic rings. The van der Waals surface area contributed by atoms with Crippen molar-refractivity contribution in [2.45, 2.75) is 11.8 Å². The molecule has 0 bridgehead atoms. The summed E-state index contributed by atoms with van der Waals surface area (Å²) in [5, 5.41) is 1.30. The van der Waals surface area contributed by atoms with E-state index in [4.69, 9.17) is 4.74 Å². The van der Waals surface area contributed by atoms with Gasteiger partial charge in [-0.25, -0.2) is 8.42 Å². The van der Waals surface area contributed by atoms with Gasteiger partial charge in [-0.3, -0.25) is 9.78 Å². The molecule has 0 N–H and O–H groups in total. The Labute approximate surface area is 123 Å². The number of fused-ring (bicyclic) bond motifs is 1. The topological polar surface area (TPSA) is 76.6 Å². The number of nitrogens with zero attached hydrogens (tertiary/aromatic N) is 2. The van der Waals surface area contributed by atoms with Crippen LogP contribution in [-0.2, 0) is 19.6 Å². The van der Waals surface area contributed by atoms with Crippen molar-refractivity contribution in [2.24, 2.45) is 0 Å². The van der Waals surface area contributed by atoms with Gasteiger partial charge in [0.2, 0.25) is 10.0 Å². The minimum atomic E-state index is -3.77. The average molecular weight is 308 g/mol. The lowest BCUT2D eigenvalue weighted by Crippen LogP contribution is -2.33. The van der Waals surface area contributed by atoms with Crippen molar-refractivity contribution in [3.63, 3.8) is 0 Å². The van der Waals surface area contributed by atoms with Crippen LogP contribution in [0.5, 0.6) is 0 Å². The van der Waals surface area contributed by atoms with Crippen LogP contribution in [0, 0.1) is 0 Å². The maximum absolute atomic E-state index is 12.6. The van der Waals surface area contributed by atoms with Gasteiger partial charge in [-0.05, 0) is 19.1 Å². The summed E-state index contributed by atoms with van der Waals surface area (Å²) in [5.74, 6) is -0.578. The maximum atomic E-state index is 12.6. The number of ether oxygens (including phenoxy) is 1. The Morgan fingerprint density at radius 3 is 2.81 bits per heavy atom. The molecule has 1 heterocycles. The smallest absolute Gasteiger partial charge is 0.321 e. The number of hydrogen-bond acceptors (Lipinski definition) is 5. The van der Waals surface area contributed by atoms with Crippen molar-refractivity contribution in [3.05, 3.63) is 36.7 Å². The molecule has 7 heteroatoms. The van der Waals surface area contributed by atoms with Crippen molar-refractivity contribution in [1.82, 2.24) is 9.29 Å². The molecule has 0 radical (unpaired) electrons. The third-order valence-electron chi connectivity index (χ3n) is 2.99. The summed E-state index contributed by atoms with van der Waals surface area (Å²) >= 11 is 0. The van der Waals surface area contributed by atoms with E-state index in [2.05, 4.69) is 4.98 Å². The molecule has 0 saturated carbocycles. The SMILES string of the molecule is CCOC(=O)CN(C)S(=O)(=O)c1cccc2cnccc12. The van der Waals surface area contributed by atoms with Crippen molar-refractivity contribution in [3.8, 4) is 0 Å². The van der Waals surface area contributed by atoms with Crippen LogP contribution in [-0.4, -0.2) is 43.9 Å². The molecule has 0 aliphatic carbocycles. The fraction of sp³-hybridized carbons (Fsp3) is 0.286. The molecule has 0 aliphatic rings. The van der Waals surface area contributed by atoms with Gasteiger partial charge in [0.1, 0.15) is 6.54 Å². The third-order valence-corrected chi connectivity index (χ3v) is 4.85. The molecular weight excluding hydrogens is 292 g/mol. The standard InChI is InChI=1S/C14H16N2O4S/c1-3-20-14(17)10-16(2)21(18,19)13-6-4-5-11-9-15-8-7-12(11)13/h4-9H,3,10H2,1-2H3. The summed E-state index contributed by atoms with van der Waals surface area (Å²) in [6, 6.07) is 6.58. The Morgan fingerprint density at radius 1 is 1.33 bits per heavy atom. The van der Waals surface area contributed by atoms with Gasteiger partial charge in [0.05, 0.1) is 11.5 Å². The number of aromatic nitrogens is 1. The Hall–Kier alpha value is -1.99. The third kappa shape index (κ3) is 3.20. The molecule has 0 aliphatic heterocycles. The summed E-state index contributed by atoms with van der Waals surface area (Å²) in [7, 11) is -2.42. The summed E-state index contributed by atoms with van der Waals surface area (Å²) in [5.41, 5.74) is 0. The zero-order valence-electron chi connectivity index (χ0n) is 11.8. The van der Waals surface area contributed by atoms with E-state index in [0.717, 1.165) is 9.69 Å². The fourth-order valence-corrected chi connectivity index (χ4v) is 3.28. The highest BCUT2D eigenvalue weighted by Gasteiger charge is 2.25. The van der Waals surface area contributed by atoms with Crippen LogP contribution in [0.15, 0.2) is 41.6 Å². The monoisotopic (exact) mass is 308 g/mol. The predicted molar refractivity (Wildman–Crippen MR) is 78.2 cm³/mol. The molecule has 112 valence electrons. The van der Waals surface area contributed by atoms with E-state index in [1.165, 1.54) is 19.3 Å². The van der Waals surface area contributed by atoms with Crippen LogP contribution in [0.2, 0.25) is 0 Å². The van der Waals surface area contributed by atoms with E-state index in [1.54, 1.807) is 31.3 Å². The van der Waals surface area contributed by atoms with E-state index >= 15 is 0 Å². The summed E-state index contributed by atoms with van der Waals surface area (Å²) < 4.78 is 30.9. The molecule has 0 fully saturated rings. The summed E-state index contributed by atoms with van der Waals surface area (Å²) in [6.45, 7) is 1.56. The van der Waals surface area contributed by atoms with Crippen LogP contribution < -0.4 is 0 Å². The minimum absolute atomic E-state index is 0.147. The predicted octanol–water partition coefficient (Wildman–Crippen LogP) is 1.42. The lowest BCUT2D eigenvalue weighted by atomic mass is 10.2. The van der Waals surface area contributed by atoms with Gasteiger partial charge in [0, 0.05) is 30.2 Å². The summed E-state index contributed by atoms with van der Waals surface area (Å²) in [6.07, 6.45) is 3.13. The van der Waals surface area contributed by atoms with Crippen LogP contribution >= 0.6 is 0 Å². The second-order valence-corrected chi connectivity index (χ2v) is 6.43. The Morgan fingerprint density at radius 2 is 2.10 bits per heavy atom. The number of esters is 1. The van der Waals surface area contributed by atoms with Gasteiger partial charge in [0.15, 0.2) is 0 Å². The van der Waals surface area contributed by atoms with Crippen LogP contribution in [0.1, 0.15) is 6.92 Å². The van der Waals surface area contributed by atoms with E-state index in [9.17, 15) is 13.2 Å². The highest BCUT2D eigenvalue weighted by Crippen LogP contribution is 2.24. The molecule has 6 nitrogen and oxygen atoms in total. The fourth-order valence-electron chi connectivity index (χ4n) is 1.96. The van der Waals surface area contributed by atoms with Gasteiger partial charge < -0.3 is 4.74 Å². The number of likely N-dealkylation sites (N-methyl/N-ethyl adjacent to an activating group) is 1. The van der Waals surface area contributed by atoms with Gasteiger partial charge in [-0.1, -0.05) is 12.1 Å². The normalized spacial score (nSPS) is 11.8. The van der Waals surface area contributed by atoms with Crippen molar-refractivity contribution < 1.29 is 17.9 Å². The number of benzene rings is 1. The molecule has 0 atom stereocenters. The van der Waals surface area contributed by atoms with Crippen LogP contribution in [0.3, 0.4) is 0 Å². The number of carbonyl (C=O) groups is 1. The Balaban J connectivity index is 2.40. The first kappa shape index (κ1) is 15.4. The molecule has 0 saturated heterocycles. The largest absolute Gasteiger partial charge is 0.465 e. The quantitative estimate of drug-likeness (QED) is 0.781. The zero-order valence-corrected chi connectivity index (χ0v) is 12.6. The summed E-state index contributed by atoms with van der Waals surface area (Å²) in [4.78, 5) is 15.6. The molecule has 1 aromatic heterocycles. The number of pyridine rings is 1. The number of sulfonamides is 1. The first-order valence-electron chi connectivity index (χ1n) is 6.41. The Kier molecular flexibility index (Phi) is 4.54. The van der Waals surface area contributed by atoms with Gasteiger partial charge >= 0.3 is 5.97 Å². The molecule has 1 aromatic carbocycles. The highest BCUT2D eigenvalue weighted by atomic mass is 32.2. The first-order chi connectivity index (χ1) is 9.96. The van der Waals surface area contributed by atoms with Crippen molar-refractivity contribution in [2.75, 3.05) is 20.2 Å². The average Bonchev–Trinajstić information content (AvgIpc) is 2.46. The molecule has 2 rings (SSSR count). The van der Waals surface area contributed by atoms with Gasteiger partial charge in [-0.15, -0.1) is 0 Å². The van der Waals surface area contributed by atoms with E-state index in [-0.39, 0.29) is 18.0 Å².